The molecule has 3 heterocycles. The first kappa shape index (κ1) is 21.1. The predicted octanol–water partition coefficient (Wildman–Crippen LogP) is 3.02. The van der Waals surface area contributed by atoms with E-state index in [0.717, 1.165) is 5.56 Å². The Labute approximate surface area is 190 Å². The lowest BCUT2D eigenvalue weighted by Gasteiger charge is -2.32. The van der Waals surface area contributed by atoms with E-state index in [-0.39, 0.29) is 23.4 Å². The van der Waals surface area contributed by atoms with E-state index in [0.29, 0.717) is 67.1 Å². The van der Waals surface area contributed by atoms with Gasteiger partial charge in [-0.2, -0.15) is 8.42 Å². The topological polar surface area (TPSA) is 94.5 Å². The van der Waals surface area contributed by atoms with Gasteiger partial charge < -0.3 is 19.1 Å². The molecule has 10 heteroatoms. The second-order valence-corrected chi connectivity index (χ2v) is 9.84. The zero-order valence-electron chi connectivity index (χ0n) is 17.1. The summed E-state index contributed by atoms with van der Waals surface area (Å²) in [5, 5.41) is 0.425. The lowest BCUT2D eigenvalue weighted by molar-refractivity contribution is -0.151. The number of hydrogen-bond donors (Lipinski definition) is 0. The molecule has 0 amide bonds. The number of fused-ring (bicyclic) bond motifs is 2. The summed E-state index contributed by atoms with van der Waals surface area (Å²) in [5.41, 5.74) is 1.34. The van der Waals surface area contributed by atoms with Gasteiger partial charge in [0, 0.05) is 18.7 Å². The number of carbonyl (C=O) groups excluding carboxylic acids is 1. The van der Waals surface area contributed by atoms with E-state index in [1.165, 1.54) is 0 Å². The van der Waals surface area contributed by atoms with Crippen LogP contribution < -0.4 is 9.47 Å². The highest BCUT2D eigenvalue weighted by Crippen LogP contribution is 2.38. The number of ether oxygens (including phenoxy) is 3. The highest BCUT2D eigenvalue weighted by atomic mass is 35.5. The summed E-state index contributed by atoms with van der Waals surface area (Å²) in [5.74, 6) is 0.984. The van der Waals surface area contributed by atoms with Gasteiger partial charge in [0.1, 0.15) is 24.7 Å². The molecule has 2 aromatic carbocycles. The highest BCUT2D eigenvalue weighted by molar-refractivity contribution is 7.90. The molecule has 1 saturated heterocycles. The van der Waals surface area contributed by atoms with Crippen LogP contribution in [0.3, 0.4) is 0 Å². The molecule has 0 aromatic heterocycles. The number of amidine groups is 1. The van der Waals surface area contributed by atoms with Crippen LogP contribution >= 0.6 is 11.6 Å². The van der Waals surface area contributed by atoms with E-state index < -0.39 is 10.0 Å². The average molecular weight is 477 g/mol. The monoisotopic (exact) mass is 476 g/mol. The molecular formula is C22H21ClN2O6S. The summed E-state index contributed by atoms with van der Waals surface area (Å²) in [6, 6.07) is 10.3. The van der Waals surface area contributed by atoms with Crippen molar-refractivity contribution in [2.75, 3.05) is 26.3 Å². The molecule has 0 saturated carbocycles. The number of esters is 1. The van der Waals surface area contributed by atoms with Crippen LogP contribution in [0, 0.1) is 5.92 Å². The number of benzene rings is 2. The maximum absolute atomic E-state index is 12.6. The van der Waals surface area contributed by atoms with Crippen molar-refractivity contribution in [2.24, 2.45) is 10.3 Å². The van der Waals surface area contributed by atoms with E-state index in [2.05, 4.69) is 4.40 Å². The normalized spacial score (nSPS) is 19.3. The minimum Gasteiger partial charge on any atom is -0.486 e. The lowest BCUT2D eigenvalue weighted by Crippen LogP contribution is -2.40. The minimum atomic E-state index is -3.66. The van der Waals surface area contributed by atoms with Crippen molar-refractivity contribution in [3.63, 3.8) is 0 Å². The lowest BCUT2D eigenvalue weighted by atomic mass is 9.96. The Balaban J connectivity index is 1.19. The zero-order valence-corrected chi connectivity index (χ0v) is 18.7. The third kappa shape index (κ3) is 3.91. The standard InChI is InChI=1S/C22H21ClN2O6S/c23-17-11-14(12-18-20(17)30-10-9-29-18)13-31-22(26)15-5-7-25(8-6-15)21-16-3-1-2-4-19(16)32(27,28)24-21/h1-4,11-12,15H,5-10,13H2. The first-order chi connectivity index (χ1) is 15.4. The highest BCUT2D eigenvalue weighted by Gasteiger charge is 2.34. The number of nitrogens with zero attached hydrogens (tertiary/aromatic N) is 2. The Morgan fingerprint density at radius 2 is 1.91 bits per heavy atom. The first-order valence-electron chi connectivity index (χ1n) is 10.4. The van der Waals surface area contributed by atoms with Crippen LogP contribution in [-0.2, 0) is 26.2 Å². The molecule has 2 aromatic rings. The molecule has 0 spiro atoms. The Kier molecular flexibility index (Phi) is 5.46. The predicted molar refractivity (Wildman–Crippen MR) is 117 cm³/mol. The molecule has 168 valence electrons. The van der Waals surface area contributed by atoms with Crippen LogP contribution in [-0.4, -0.2) is 51.4 Å². The third-order valence-corrected chi connectivity index (χ3v) is 7.38. The van der Waals surface area contributed by atoms with Gasteiger partial charge in [-0.05, 0) is 42.7 Å². The van der Waals surface area contributed by atoms with Gasteiger partial charge in [-0.25, -0.2) is 0 Å². The fourth-order valence-corrected chi connectivity index (χ4v) is 5.68. The number of rotatable bonds is 3. The largest absolute Gasteiger partial charge is 0.486 e. The van der Waals surface area contributed by atoms with Gasteiger partial charge in [0.25, 0.3) is 10.0 Å². The van der Waals surface area contributed by atoms with Crippen LogP contribution in [0.15, 0.2) is 45.7 Å². The summed E-state index contributed by atoms with van der Waals surface area (Å²) < 4.78 is 45.1. The van der Waals surface area contributed by atoms with Crippen LogP contribution in [0.5, 0.6) is 11.5 Å². The molecule has 8 nitrogen and oxygen atoms in total. The van der Waals surface area contributed by atoms with Gasteiger partial charge in [0.2, 0.25) is 0 Å². The van der Waals surface area contributed by atoms with Gasteiger partial charge in [-0.3, -0.25) is 4.79 Å². The van der Waals surface area contributed by atoms with Crippen LogP contribution in [0.4, 0.5) is 0 Å². The number of sulfonamides is 1. The molecule has 0 atom stereocenters. The number of piperidine rings is 1. The first-order valence-corrected chi connectivity index (χ1v) is 12.2. The van der Waals surface area contributed by atoms with E-state index in [1.54, 1.807) is 36.4 Å². The molecule has 0 radical (unpaired) electrons. The number of halogens is 1. The Bertz CT molecular complexity index is 1200. The summed E-state index contributed by atoms with van der Waals surface area (Å²) in [6.07, 6.45) is 1.12. The molecule has 0 aliphatic carbocycles. The van der Waals surface area contributed by atoms with Crippen molar-refractivity contribution in [1.29, 1.82) is 0 Å². The second kappa shape index (κ2) is 8.29. The van der Waals surface area contributed by atoms with Crippen LogP contribution in [0.2, 0.25) is 5.02 Å². The molecular weight excluding hydrogens is 456 g/mol. The van der Waals surface area contributed by atoms with Crippen molar-refractivity contribution >= 4 is 33.4 Å². The van der Waals surface area contributed by atoms with Crippen molar-refractivity contribution in [3.8, 4) is 11.5 Å². The number of carbonyl (C=O) groups is 1. The van der Waals surface area contributed by atoms with Crippen LogP contribution in [0.25, 0.3) is 0 Å². The molecule has 0 bridgehead atoms. The summed E-state index contributed by atoms with van der Waals surface area (Å²) in [6.45, 7) is 2.04. The Morgan fingerprint density at radius 1 is 1.16 bits per heavy atom. The van der Waals surface area contributed by atoms with Crippen LogP contribution in [0.1, 0.15) is 24.0 Å². The van der Waals surface area contributed by atoms with Gasteiger partial charge in [-0.1, -0.05) is 23.7 Å². The number of likely N-dealkylation sites (tertiary alicyclic amines) is 1. The summed E-state index contributed by atoms with van der Waals surface area (Å²) >= 11 is 6.24. The number of hydrogen-bond acceptors (Lipinski definition) is 7. The Hall–Kier alpha value is -2.78. The van der Waals surface area contributed by atoms with Gasteiger partial charge in [-0.15, -0.1) is 4.40 Å². The molecule has 32 heavy (non-hydrogen) atoms. The van der Waals surface area contributed by atoms with E-state index in [1.807, 2.05) is 4.90 Å². The SMILES string of the molecule is O=C(OCc1cc(Cl)c2c(c1)OCCO2)C1CCN(C2=NS(=O)(=O)c3ccccc32)CC1. The molecule has 5 rings (SSSR count). The maximum atomic E-state index is 12.6. The summed E-state index contributed by atoms with van der Waals surface area (Å²) in [4.78, 5) is 14.8. The van der Waals surface area contributed by atoms with Gasteiger partial charge in [0.15, 0.2) is 17.3 Å². The fourth-order valence-electron chi connectivity index (χ4n) is 4.16. The van der Waals surface area contributed by atoms with E-state index in [4.69, 9.17) is 25.8 Å². The fraction of sp³-hybridized carbons (Fsp3) is 0.364. The van der Waals surface area contributed by atoms with Crippen molar-refractivity contribution in [2.45, 2.75) is 24.3 Å². The minimum absolute atomic E-state index is 0.0910. The maximum Gasteiger partial charge on any atom is 0.309 e. The van der Waals surface area contributed by atoms with E-state index >= 15 is 0 Å². The summed E-state index contributed by atoms with van der Waals surface area (Å²) in [7, 11) is -3.66. The molecule has 3 aliphatic heterocycles. The molecule has 1 fully saturated rings. The Morgan fingerprint density at radius 3 is 2.72 bits per heavy atom. The molecule has 3 aliphatic rings. The zero-order chi connectivity index (χ0) is 22.3. The van der Waals surface area contributed by atoms with E-state index in [9.17, 15) is 13.2 Å². The molecule has 0 unspecified atom stereocenters. The van der Waals surface area contributed by atoms with Crippen molar-refractivity contribution < 1.29 is 27.4 Å². The van der Waals surface area contributed by atoms with Crippen molar-refractivity contribution in [1.82, 2.24) is 4.90 Å². The average Bonchev–Trinajstić information content (AvgIpc) is 3.09. The molecule has 0 N–H and O–H groups in total. The third-order valence-electron chi connectivity index (χ3n) is 5.78. The second-order valence-electron chi connectivity index (χ2n) is 7.86. The smallest absolute Gasteiger partial charge is 0.309 e. The van der Waals surface area contributed by atoms with Gasteiger partial charge in [0.05, 0.1) is 10.9 Å². The quantitative estimate of drug-likeness (QED) is 0.628. The van der Waals surface area contributed by atoms with Crippen molar-refractivity contribution in [3.05, 3.63) is 52.5 Å². The van der Waals surface area contributed by atoms with Gasteiger partial charge >= 0.3 is 5.97 Å².